The van der Waals surface area contributed by atoms with Crippen molar-refractivity contribution in [2.45, 2.75) is 43.9 Å². The lowest BCUT2D eigenvalue weighted by atomic mass is 10.1. The molecular weight excluding hydrogens is 420 g/mol. The molecule has 0 aromatic carbocycles. The second-order valence-electron chi connectivity index (χ2n) is 6.36. The molecular formula is C16H24N6O7S. The normalized spacial score (nSPS) is 14.6. The van der Waals surface area contributed by atoms with Gasteiger partial charge in [-0.1, -0.05) is 0 Å². The highest BCUT2D eigenvalue weighted by Crippen LogP contribution is 2.03. The van der Waals surface area contributed by atoms with E-state index in [-0.39, 0.29) is 12.2 Å². The third-order valence-electron chi connectivity index (χ3n) is 3.89. The van der Waals surface area contributed by atoms with E-state index in [1.807, 2.05) is 0 Å². The number of hydrogen-bond acceptors (Lipinski definition) is 8. The fourth-order valence-electron chi connectivity index (χ4n) is 2.22. The number of rotatable bonds is 12. The molecule has 1 aromatic rings. The molecule has 0 bridgehead atoms. The van der Waals surface area contributed by atoms with Crippen molar-refractivity contribution in [2.75, 3.05) is 5.75 Å². The summed E-state index contributed by atoms with van der Waals surface area (Å²) < 4.78 is 0. The SMILES string of the molecule is CC(NC(=O)C(Cc1cnc[nH]1)NC(=O)C(CC(=O)O)NC(=O)C(N)CS)C(=O)O. The number of carboxylic acid groups (broad SMARTS) is 2. The summed E-state index contributed by atoms with van der Waals surface area (Å²) in [5.74, 6) is -5.26. The minimum atomic E-state index is -1.52. The number of H-pyrrole nitrogens is 1. The van der Waals surface area contributed by atoms with E-state index in [0.717, 1.165) is 0 Å². The molecule has 8 N–H and O–H groups in total. The number of nitrogens with two attached hydrogens (primary N) is 1. The fourth-order valence-corrected chi connectivity index (χ4v) is 2.38. The Kier molecular flexibility index (Phi) is 9.77. The summed E-state index contributed by atoms with van der Waals surface area (Å²) in [7, 11) is 0. The number of carboxylic acids is 2. The molecule has 1 heterocycles. The molecule has 1 aromatic heterocycles. The van der Waals surface area contributed by atoms with Gasteiger partial charge in [0.1, 0.15) is 18.1 Å². The zero-order valence-corrected chi connectivity index (χ0v) is 16.9. The van der Waals surface area contributed by atoms with E-state index in [1.165, 1.54) is 19.4 Å². The van der Waals surface area contributed by atoms with Crippen LogP contribution in [0.3, 0.4) is 0 Å². The lowest BCUT2D eigenvalue weighted by molar-refractivity contribution is -0.143. The summed E-state index contributed by atoms with van der Waals surface area (Å²) in [6, 6.07) is -5.10. The average Bonchev–Trinajstić information content (AvgIpc) is 3.18. The Morgan fingerprint density at radius 3 is 2.20 bits per heavy atom. The lowest BCUT2D eigenvalue weighted by Gasteiger charge is -2.23. The Bertz CT molecular complexity index is 772. The molecule has 13 nitrogen and oxygen atoms in total. The number of thiol groups is 1. The highest BCUT2D eigenvalue weighted by Gasteiger charge is 2.30. The first-order valence-electron chi connectivity index (χ1n) is 8.74. The first kappa shape index (κ1) is 24.9. The van der Waals surface area contributed by atoms with Gasteiger partial charge in [-0.3, -0.25) is 24.0 Å². The number of aromatic nitrogens is 2. The number of carbonyl (C=O) groups excluding carboxylic acids is 3. The Hall–Kier alpha value is -3.13. The third-order valence-corrected chi connectivity index (χ3v) is 4.28. The van der Waals surface area contributed by atoms with Gasteiger partial charge in [0.25, 0.3) is 0 Å². The molecule has 166 valence electrons. The summed E-state index contributed by atoms with van der Waals surface area (Å²) in [4.78, 5) is 65.7. The number of hydrogen-bond donors (Lipinski definition) is 8. The van der Waals surface area contributed by atoms with Crippen molar-refractivity contribution in [2.24, 2.45) is 5.73 Å². The summed E-state index contributed by atoms with van der Waals surface area (Å²) in [6.45, 7) is 1.24. The van der Waals surface area contributed by atoms with E-state index in [2.05, 4.69) is 38.5 Å². The molecule has 1 rings (SSSR count). The van der Waals surface area contributed by atoms with Crippen LogP contribution in [0.15, 0.2) is 12.5 Å². The van der Waals surface area contributed by atoms with Gasteiger partial charge in [0.2, 0.25) is 17.7 Å². The quantitative estimate of drug-likeness (QED) is 0.156. The standard InChI is InChI=1S/C16H24N6O7S/c1-7(16(28)29)20-14(26)10(2-8-4-18-6-19-8)22-15(27)11(3-12(23)24)21-13(25)9(17)5-30/h4,6-7,9-11,30H,2-3,5,17H2,1H3,(H,18,19)(H,20,26)(H,21,25)(H,22,27)(H,23,24)(H,28,29). The molecule has 0 saturated heterocycles. The number of imidazole rings is 1. The molecule has 3 amide bonds. The summed E-state index contributed by atoms with van der Waals surface area (Å²) >= 11 is 3.87. The average molecular weight is 444 g/mol. The van der Waals surface area contributed by atoms with E-state index in [0.29, 0.717) is 5.69 Å². The van der Waals surface area contributed by atoms with Gasteiger partial charge in [-0.2, -0.15) is 12.6 Å². The molecule has 0 fully saturated rings. The van der Waals surface area contributed by atoms with E-state index in [1.54, 1.807) is 0 Å². The van der Waals surface area contributed by atoms with Crippen LogP contribution in [-0.2, 0) is 30.4 Å². The third kappa shape index (κ3) is 8.08. The van der Waals surface area contributed by atoms with Crippen LogP contribution in [0.25, 0.3) is 0 Å². The van der Waals surface area contributed by atoms with Crippen LogP contribution >= 0.6 is 12.6 Å². The van der Waals surface area contributed by atoms with Crippen molar-refractivity contribution in [3.63, 3.8) is 0 Å². The maximum atomic E-state index is 12.6. The van der Waals surface area contributed by atoms with Gasteiger partial charge in [0.05, 0.1) is 18.8 Å². The maximum Gasteiger partial charge on any atom is 0.325 e. The molecule has 4 atom stereocenters. The van der Waals surface area contributed by atoms with Crippen molar-refractivity contribution < 1.29 is 34.2 Å². The van der Waals surface area contributed by atoms with Crippen molar-refractivity contribution in [1.29, 1.82) is 0 Å². The Morgan fingerprint density at radius 1 is 1.10 bits per heavy atom. The lowest BCUT2D eigenvalue weighted by Crippen LogP contribution is -2.58. The molecule has 0 radical (unpaired) electrons. The molecule has 0 saturated carbocycles. The van der Waals surface area contributed by atoms with Crippen molar-refractivity contribution >= 4 is 42.3 Å². The minimum absolute atomic E-state index is 0.0365. The van der Waals surface area contributed by atoms with Crippen molar-refractivity contribution in [3.8, 4) is 0 Å². The number of carbonyl (C=O) groups is 5. The van der Waals surface area contributed by atoms with Gasteiger partial charge in [-0.05, 0) is 6.92 Å². The number of aromatic amines is 1. The molecule has 0 aliphatic rings. The van der Waals surface area contributed by atoms with Gasteiger partial charge in [0.15, 0.2) is 0 Å². The van der Waals surface area contributed by atoms with Crippen LogP contribution < -0.4 is 21.7 Å². The Balaban J connectivity index is 2.99. The molecule has 30 heavy (non-hydrogen) atoms. The predicted octanol–water partition coefficient (Wildman–Crippen LogP) is -2.76. The van der Waals surface area contributed by atoms with Crippen LogP contribution in [0.2, 0.25) is 0 Å². The minimum Gasteiger partial charge on any atom is -0.481 e. The first-order valence-corrected chi connectivity index (χ1v) is 9.37. The molecule has 0 spiro atoms. The van der Waals surface area contributed by atoms with E-state index in [9.17, 15) is 24.0 Å². The smallest absolute Gasteiger partial charge is 0.325 e. The van der Waals surface area contributed by atoms with Gasteiger partial charge >= 0.3 is 11.9 Å². The van der Waals surface area contributed by atoms with E-state index >= 15 is 0 Å². The second kappa shape index (κ2) is 11.8. The van der Waals surface area contributed by atoms with Crippen LogP contribution in [0.1, 0.15) is 19.0 Å². The second-order valence-corrected chi connectivity index (χ2v) is 6.72. The highest BCUT2D eigenvalue weighted by molar-refractivity contribution is 7.80. The summed E-state index contributed by atoms with van der Waals surface area (Å²) in [5, 5.41) is 24.8. The van der Waals surface area contributed by atoms with E-state index in [4.69, 9.17) is 15.9 Å². The molecule has 0 aliphatic carbocycles. The molecule has 4 unspecified atom stereocenters. The topological polar surface area (TPSA) is 217 Å². The Morgan fingerprint density at radius 2 is 1.70 bits per heavy atom. The maximum absolute atomic E-state index is 12.6. The monoisotopic (exact) mass is 444 g/mol. The largest absolute Gasteiger partial charge is 0.481 e. The Labute approximate surface area is 176 Å². The predicted molar refractivity (Wildman–Crippen MR) is 105 cm³/mol. The van der Waals surface area contributed by atoms with Crippen LogP contribution in [-0.4, -0.2) is 79.8 Å². The highest BCUT2D eigenvalue weighted by atomic mass is 32.1. The first-order chi connectivity index (χ1) is 14.0. The van der Waals surface area contributed by atoms with Crippen molar-refractivity contribution in [3.05, 3.63) is 18.2 Å². The van der Waals surface area contributed by atoms with Crippen LogP contribution in [0.5, 0.6) is 0 Å². The van der Waals surface area contributed by atoms with E-state index < -0.39 is 60.2 Å². The summed E-state index contributed by atoms with van der Waals surface area (Å²) in [6.07, 6.45) is 1.89. The van der Waals surface area contributed by atoms with Crippen molar-refractivity contribution in [1.82, 2.24) is 25.9 Å². The number of aliphatic carboxylic acids is 2. The van der Waals surface area contributed by atoms with Crippen LogP contribution in [0.4, 0.5) is 0 Å². The van der Waals surface area contributed by atoms with Gasteiger partial charge in [-0.25, -0.2) is 4.98 Å². The zero-order valence-electron chi connectivity index (χ0n) is 16.0. The van der Waals surface area contributed by atoms with Gasteiger partial charge in [0, 0.05) is 24.1 Å². The van der Waals surface area contributed by atoms with Crippen LogP contribution in [0, 0.1) is 0 Å². The molecule has 0 aliphatic heterocycles. The van der Waals surface area contributed by atoms with Gasteiger partial charge in [-0.15, -0.1) is 0 Å². The summed E-state index contributed by atoms with van der Waals surface area (Å²) in [5.41, 5.74) is 5.97. The molecule has 14 heteroatoms. The van der Waals surface area contributed by atoms with Gasteiger partial charge < -0.3 is 36.9 Å². The zero-order chi connectivity index (χ0) is 22.8. The number of nitrogens with zero attached hydrogens (tertiary/aromatic N) is 1. The fraction of sp³-hybridized carbons (Fsp3) is 0.500. The number of nitrogens with one attached hydrogen (secondary N) is 4. The number of amides is 3.